The van der Waals surface area contributed by atoms with Crippen LogP contribution in [0.25, 0.3) is 22.3 Å². The third-order valence-corrected chi connectivity index (χ3v) is 6.08. The van der Waals surface area contributed by atoms with E-state index in [2.05, 4.69) is 51.0 Å². The van der Waals surface area contributed by atoms with Crippen LogP contribution in [-0.4, -0.2) is 30.9 Å². The summed E-state index contributed by atoms with van der Waals surface area (Å²) in [6, 6.07) is 17.8. The molecule has 7 heteroatoms. The van der Waals surface area contributed by atoms with Crippen molar-refractivity contribution in [3.63, 3.8) is 0 Å². The predicted octanol–water partition coefficient (Wildman–Crippen LogP) is 5.33. The minimum Gasteiger partial charge on any atom is -0.324 e. The van der Waals surface area contributed by atoms with E-state index in [1.165, 1.54) is 17.3 Å². The Bertz CT molecular complexity index is 1210. The molecule has 0 spiro atoms. The lowest BCUT2D eigenvalue weighted by atomic mass is 10.1. The van der Waals surface area contributed by atoms with Crippen LogP contribution in [0.3, 0.4) is 0 Å². The smallest absolute Gasteiger partial charge is 0.237 e. The molecule has 4 aromatic rings. The second kappa shape index (κ2) is 9.31. The fourth-order valence-corrected chi connectivity index (χ4v) is 4.33. The van der Waals surface area contributed by atoms with Gasteiger partial charge in [-0.15, -0.1) is 10.2 Å². The van der Waals surface area contributed by atoms with Crippen LogP contribution in [0.2, 0.25) is 0 Å². The summed E-state index contributed by atoms with van der Waals surface area (Å²) in [5.74, 6) is 0.755. The summed E-state index contributed by atoms with van der Waals surface area (Å²) >= 11 is 1.42. The van der Waals surface area contributed by atoms with Crippen LogP contribution < -0.4 is 5.32 Å². The topological polar surface area (TPSA) is 72.7 Å². The van der Waals surface area contributed by atoms with Gasteiger partial charge >= 0.3 is 0 Å². The van der Waals surface area contributed by atoms with E-state index >= 15 is 0 Å². The molecule has 0 aliphatic carbocycles. The molecule has 1 N–H and O–H groups in total. The Balaban J connectivity index is 1.55. The van der Waals surface area contributed by atoms with E-state index in [1.54, 1.807) is 6.20 Å². The molecule has 0 aliphatic heterocycles. The molecular weight excluding hydrogens is 406 g/mol. The average Bonchev–Trinajstić information content (AvgIpc) is 3.16. The van der Waals surface area contributed by atoms with Gasteiger partial charge in [0.1, 0.15) is 0 Å². The fourth-order valence-electron chi connectivity index (χ4n) is 3.46. The summed E-state index contributed by atoms with van der Waals surface area (Å²) in [5, 5.41) is 13.2. The predicted molar refractivity (Wildman–Crippen MR) is 126 cm³/mol. The third kappa shape index (κ3) is 4.61. The second-order valence-electron chi connectivity index (χ2n) is 7.45. The zero-order valence-corrected chi connectivity index (χ0v) is 18.7. The number of rotatable bonds is 7. The largest absolute Gasteiger partial charge is 0.324 e. The van der Waals surface area contributed by atoms with Gasteiger partial charge in [-0.05, 0) is 50.6 Å². The monoisotopic (exact) mass is 431 g/mol. The van der Waals surface area contributed by atoms with Crippen LogP contribution in [0, 0.1) is 6.92 Å². The number of carbonyl (C=O) groups excluding carboxylic acids is 1. The first kappa shape index (κ1) is 21.1. The number of fused-ring (bicyclic) bond motifs is 1. The van der Waals surface area contributed by atoms with E-state index in [1.807, 2.05) is 49.4 Å². The quantitative estimate of drug-likeness (QED) is 0.400. The van der Waals surface area contributed by atoms with Crippen molar-refractivity contribution < 1.29 is 4.79 Å². The number of anilines is 1. The molecule has 1 amide bonds. The number of nitrogens with zero attached hydrogens (tertiary/aromatic N) is 4. The molecule has 4 rings (SSSR count). The molecule has 1 atom stereocenters. The number of benzene rings is 2. The molecule has 6 nitrogen and oxygen atoms in total. The Morgan fingerprint density at radius 3 is 2.77 bits per heavy atom. The van der Waals surface area contributed by atoms with E-state index in [0.29, 0.717) is 0 Å². The van der Waals surface area contributed by atoms with Gasteiger partial charge in [-0.25, -0.2) is 0 Å². The molecule has 1 unspecified atom stereocenters. The highest BCUT2D eigenvalue weighted by Gasteiger charge is 2.21. The molecule has 0 radical (unpaired) electrons. The van der Waals surface area contributed by atoms with Gasteiger partial charge in [0.2, 0.25) is 5.91 Å². The Morgan fingerprint density at radius 2 is 1.97 bits per heavy atom. The summed E-state index contributed by atoms with van der Waals surface area (Å²) in [5.41, 5.74) is 3.83. The zero-order valence-electron chi connectivity index (χ0n) is 17.9. The van der Waals surface area contributed by atoms with Crippen molar-refractivity contribution >= 4 is 34.3 Å². The van der Waals surface area contributed by atoms with Gasteiger partial charge in [-0.1, -0.05) is 48.5 Å². The molecule has 0 saturated carbocycles. The van der Waals surface area contributed by atoms with E-state index in [-0.39, 0.29) is 11.2 Å². The molecule has 0 saturated heterocycles. The number of aromatic nitrogens is 4. The molecule has 0 bridgehead atoms. The number of aryl methyl sites for hydroxylation is 1. The minimum absolute atomic E-state index is 0.0792. The molecule has 2 heterocycles. The van der Waals surface area contributed by atoms with E-state index in [9.17, 15) is 4.79 Å². The highest BCUT2D eigenvalue weighted by atomic mass is 32.2. The third-order valence-electron chi connectivity index (χ3n) is 5.00. The van der Waals surface area contributed by atoms with Crippen LogP contribution in [0.5, 0.6) is 0 Å². The van der Waals surface area contributed by atoms with Crippen molar-refractivity contribution in [1.82, 2.24) is 19.7 Å². The van der Waals surface area contributed by atoms with Crippen LogP contribution >= 0.6 is 11.8 Å². The first-order chi connectivity index (χ1) is 15.1. The van der Waals surface area contributed by atoms with Crippen molar-refractivity contribution in [2.45, 2.75) is 44.1 Å². The lowest BCUT2D eigenvalue weighted by Crippen LogP contribution is -2.23. The van der Waals surface area contributed by atoms with Crippen molar-refractivity contribution in [1.29, 1.82) is 0 Å². The summed E-state index contributed by atoms with van der Waals surface area (Å²) < 4.78 is 2.10. The van der Waals surface area contributed by atoms with Crippen LogP contribution in [-0.2, 0) is 11.3 Å². The molecule has 0 aliphatic rings. The van der Waals surface area contributed by atoms with E-state index in [0.717, 1.165) is 46.1 Å². The number of pyridine rings is 1. The first-order valence-corrected chi connectivity index (χ1v) is 11.3. The lowest BCUT2D eigenvalue weighted by Gasteiger charge is -2.14. The van der Waals surface area contributed by atoms with Gasteiger partial charge < -0.3 is 9.88 Å². The lowest BCUT2D eigenvalue weighted by molar-refractivity contribution is -0.115. The molecular formula is C24H25N5OS. The summed E-state index contributed by atoms with van der Waals surface area (Å²) in [6.45, 7) is 6.87. The SMILES string of the molecule is CCCn1c(SC(C)C(=O)Nc2cccc3ncccc23)nnc1-c1cccc(C)c1. The normalized spacial score (nSPS) is 12.1. The van der Waals surface area contributed by atoms with E-state index < -0.39 is 0 Å². The highest BCUT2D eigenvalue weighted by molar-refractivity contribution is 8.00. The summed E-state index contributed by atoms with van der Waals surface area (Å²) in [6.07, 6.45) is 2.70. The van der Waals surface area contributed by atoms with Gasteiger partial charge in [0, 0.05) is 23.7 Å². The molecule has 0 fully saturated rings. The number of hydrogen-bond acceptors (Lipinski definition) is 5. The summed E-state index contributed by atoms with van der Waals surface area (Å²) in [7, 11) is 0. The highest BCUT2D eigenvalue weighted by Crippen LogP contribution is 2.29. The van der Waals surface area contributed by atoms with Gasteiger partial charge in [-0.2, -0.15) is 0 Å². The second-order valence-corrected chi connectivity index (χ2v) is 8.76. The minimum atomic E-state index is -0.336. The average molecular weight is 432 g/mol. The van der Waals surface area contributed by atoms with E-state index in [4.69, 9.17) is 0 Å². The van der Waals surface area contributed by atoms with Crippen molar-refractivity contribution in [2.75, 3.05) is 5.32 Å². The first-order valence-electron chi connectivity index (χ1n) is 10.4. The van der Waals surface area contributed by atoms with Gasteiger partial charge in [-0.3, -0.25) is 9.78 Å². The molecule has 2 aromatic carbocycles. The van der Waals surface area contributed by atoms with Crippen molar-refractivity contribution in [3.05, 3.63) is 66.4 Å². The standard InChI is InChI=1S/C24H25N5OS/c1-4-14-29-22(18-9-5-8-16(2)15-18)27-28-24(29)31-17(3)23(30)26-21-12-6-11-20-19(21)10-7-13-25-20/h5-13,15,17H,4,14H2,1-3H3,(H,26,30). The molecule has 31 heavy (non-hydrogen) atoms. The molecule has 2 aromatic heterocycles. The summed E-state index contributed by atoms with van der Waals surface area (Å²) in [4.78, 5) is 17.3. The van der Waals surface area contributed by atoms with Gasteiger partial charge in [0.05, 0.1) is 16.5 Å². The number of carbonyl (C=O) groups is 1. The Kier molecular flexibility index (Phi) is 6.32. The number of amides is 1. The van der Waals surface area contributed by atoms with Gasteiger partial charge in [0.15, 0.2) is 11.0 Å². The fraction of sp³-hybridized carbons (Fsp3) is 0.250. The number of nitrogens with one attached hydrogen (secondary N) is 1. The Hall–Kier alpha value is -3.19. The zero-order chi connectivity index (χ0) is 21.8. The van der Waals surface area contributed by atoms with Crippen molar-refractivity contribution in [2.24, 2.45) is 0 Å². The Morgan fingerprint density at radius 1 is 1.13 bits per heavy atom. The van der Waals surface area contributed by atoms with Crippen LogP contribution in [0.1, 0.15) is 25.8 Å². The molecule has 158 valence electrons. The maximum atomic E-state index is 12.9. The van der Waals surface area contributed by atoms with Crippen LogP contribution in [0.4, 0.5) is 5.69 Å². The maximum Gasteiger partial charge on any atom is 0.237 e. The van der Waals surface area contributed by atoms with Crippen molar-refractivity contribution in [3.8, 4) is 11.4 Å². The number of hydrogen-bond donors (Lipinski definition) is 1. The van der Waals surface area contributed by atoms with Crippen LogP contribution in [0.15, 0.2) is 66.0 Å². The maximum absolute atomic E-state index is 12.9. The van der Waals surface area contributed by atoms with Gasteiger partial charge in [0.25, 0.3) is 0 Å². The number of thioether (sulfide) groups is 1. The Labute approximate surface area is 186 Å².